The molecule has 1 aromatic heterocycles. The Bertz CT molecular complexity index is 579. The largest absolute Gasteiger partial charge is 0.495 e. The van der Waals surface area contributed by atoms with Gasteiger partial charge in [-0.3, -0.25) is 9.78 Å². The standard InChI is InChI=1S/C13H12N2O2/c1-3-12(16)15-13-9-5-4-8-14-10(9)6-7-11(13)17-2/h3-8H,1H2,2H3,(H,15,16). The second-order valence-corrected chi connectivity index (χ2v) is 3.41. The fourth-order valence-corrected chi connectivity index (χ4v) is 1.61. The molecule has 0 fully saturated rings. The smallest absolute Gasteiger partial charge is 0.247 e. The van der Waals surface area contributed by atoms with Crippen LogP contribution in [0.4, 0.5) is 5.69 Å². The highest BCUT2D eigenvalue weighted by Gasteiger charge is 2.10. The Hall–Kier alpha value is -2.36. The Kier molecular flexibility index (Phi) is 3.05. The van der Waals surface area contributed by atoms with E-state index in [0.717, 1.165) is 10.9 Å². The number of aromatic nitrogens is 1. The van der Waals surface area contributed by atoms with Gasteiger partial charge in [-0.25, -0.2) is 0 Å². The molecule has 0 spiro atoms. The summed E-state index contributed by atoms with van der Waals surface area (Å²) >= 11 is 0. The van der Waals surface area contributed by atoms with Gasteiger partial charge < -0.3 is 10.1 Å². The molecule has 0 aliphatic heterocycles. The Morgan fingerprint density at radius 1 is 1.47 bits per heavy atom. The van der Waals surface area contributed by atoms with Gasteiger partial charge in [0.15, 0.2) is 0 Å². The predicted octanol–water partition coefficient (Wildman–Crippen LogP) is 2.37. The molecule has 86 valence electrons. The van der Waals surface area contributed by atoms with E-state index in [-0.39, 0.29) is 5.91 Å². The first kappa shape index (κ1) is 11.1. The molecule has 2 aromatic rings. The number of methoxy groups -OCH3 is 1. The number of nitrogens with zero attached hydrogens (tertiary/aromatic N) is 1. The van der Waals surface area contributed by atoms with Crippen molar-refractivity contribution in [3.8, 4) is 5.75 Å². The summed E-state index contributed by atoms with van der Waals surface area (Å²) in [5.41, 5.74) is 1.41. The van der Waals surface area contributed by atoms with Crippen molar-refractivity contribution in [2.45, 2.75) is 0 Å². The van der Waals surface area contributed by atoms with Crippen LogP contribution >= 0.6 is 0 Å². The quantitative estimate of drug-likeness (QED) is 0.820. The molecule has 4 nitrogen and oxygen atoms in total. The van der Waals surface area contributed by atoms with Gasteiger partial charge in [0.25, 0.3) is 0 Å². The number of carbonyl (C=O) groups is 1. The first-order chi connectivity index (χ1) is 8.26. The number of fused-ring (bicyclic) bond motifs is 1. The fourth-order valence-electron chi connectivity index (χ4n) is 1.61. The fraction of sp³-hybridized carbons (Fsp3) is 0.0769. The molecule has 1 heterocycles. The number of amides is 1. The van der Waals surface area contributed by atoms with Crippen molar-refractivity contribution in [2.24, 2.45) is 0 Å². The van der Waals surface area contributed by atoms with Gasteiger partial charge in [-0.05, 0) is 30.3 Å². The zero-order valence-electron chi connectivity index (χ0n) is 9.43. The van der Waals surface area contributed by atoms with E-state index in [0.29, 0.717) is 11.4 Å². The van der Waals surface area contributed by atoms with E-state index in [1.807, 2.05) is 18.2 Å². The molecule has 0 aliphatic carbocycles. The molecule has 0 bridgehead atoms. The van der Waals surface area contributed by atoms with Crippen molar-refractivity contribution in [2.75, 3.05) is 12.4 Å². The summed E-state index contributed by atoms with van der Waals surface area (Å²) in [5, 5.41) is 3.57. The minimum Gasteiger partial charge on any atom is -0.495 e. The number of nitrogens with one attached hydrogen (secondary N) is 1. The molecule has 17 heavy (non-hydrogen) atoms. The molecule has 0 unspecified atom stereocenters. The van der Waals surface area contributed by atoms with Crippen LogP contribution in [-0.4, -0.2) is 18.0 Å². The summed E-state index contributed by atoms with van der Waals surface area (Å²) in [6.45, 7) is 3.42. The number of rotatable bonds is 3. The highest BCUT2D eigenvalue weighted by molar-refractivity contribution is 6.07. The van der Waals surface area contributed by atoms with Gasteiger partial charge >= 0.3 is 0 Å². The molecule has 2 rings (SSSR count). The number of pyridine rings is 1. The topological polar surface area (TPSA) is 51.2 Å². The summed E-state index contributed by atoms with van der Waals surface area (Å²) in [5.74, 6) is 0.320. The molecule has 1 amide bonds. The molecule has 0 saturated carbocycles. The zero-order valence-corrected chi connectivity index (χ0v) is 9.43. The Labute approximate surface area is 98.9 Å². The summed E-state index contributed by atoms with van der Waals surface area (Å²) in [7, 11) is 1.56. The van der Waals surface area contributed by atoms with E-state index in [2.05, 4.69) is 16.9 Å². The lowest BCUT2D eigenvalue weighted by Crippen LogP contribution is -2.09. The van der Waals surface area contributed by atoms with Gasteiger partial charge in [0.1, 0.15) is 5.75 Å². The van der Waals surface area contributed by atoms with Gasteiger partial charge in [0.2, 0.25) is 5.91 Å². The third-order valence-corrected chi connectivity index (χ3v) is 2.40. The summed E-state index contributed by atoms with van der Waals surface area (Å²) in [4.78, 5) is 15.6. The highest BCUT2D eigenvalue weighted by atomic mass is 16.5. The van der Waals surface area contributed by atoms with Crippen LogP contribution in [0.2, 0.25) is 0 Å². The van der Waals surface area contributed by atoms with Gasteiger partial charge in [-0.15, -0.1) is 0 Å². The van der Waals surface area contributed by atoms with Crippen LogP contribution < -0.4 is 10.1 Å². The zero-order chi connectivity index (χ0) is 12.3. The third kappa shape index (κ3) is 2.10. The van der Waals surface area contributed by atoms with E-state index < -0.39 is 0 Å². The number of anilines is 1. The average Bonchev–Trinajstić information content (AvgIpc) is 2.39. The molecule has 0 aliphatic rings. The number of benzene rings is 1. The maximum atomic E-state index is 11.4. The first-order valence-corrected chi connectivity index (χ1v) is 5.11. The summed E-state index contributed by atoms with van der Waals surface area (Å²) in [6.07, 6.45) is 2.92. The Morgan fingerprint density at radius 2 is 2.29 bits per heavy atom. The molecule has 0 radical (unpaired) electrons. The minimum atomic E-state index is -0.278. The van der Waals surface area contributed by atoms with E-state index in [1.54, 1.807) is 19.4 Å². The molecule has 0 atom stereocenters. The average molecular weight is 228 g/mol. The molecule has 1 aromatic carbocycles. The van der Waals surface area contributed by atoms with Gasteiger partial charge in [0, 0.05) is 11.6 Å². The Morgan fingerprint density at radius 3 is 3.00 bits per heavy atom. The predicted molar refractivity (Wildman–Crippen MR) is 67.1 cm³/mol. The molecule has 1 N–H and O–H groups in total. The van der Waals surface area contributed by atoms with Crippen molar-refractivity contribution >= 4 is 22.5 Å². The third-order valence-electron chi connectivity index (χ3n) is 2.40. The van der Waals surface area contributed by atoms with Crippen molar-refractivity contribution in [1.29, 1.82) is 0 Å². The lowest BCUT2D eigenvalue weighted by atomic mass is 10.1. The maximum absolute atomic E-state index is 11.4. The number of hydrogen-bond acceptors (Lipinski definition) is 3. The first-order valence-electron chi connectivity index (χ1n) is 5.11. The van der Waals surface area contributed by atoms with Crippen LogP contribution in [0, 0.1) is 0 Å². The van der Waals surface area contributed by atoms with Crippen molar-refractivity contribution in [3.63, 3.8) is 0 Å². The SMILES string of the molecule is C=CC(=O)Nc1c(OC)ccc2ncccc12. The summed E-state index contributed by atoms with van der Waals surface area (Å²) < 4.78 is 5.22. The van der Waals surface area contributed by atoms with Crippen LogP contribution in [-0.2, 0) is 4.79 Å². The van der Waals surface area contributed by atoms with Crippen molar-refractivity contribution in [1.82, 2.24) is 4.98 Å². The molecular formula is C13H12N2O2. The number of hydrogen-bond donors (Lipinski definition) is 1. The number of carbonyl (C=O) groups excluding carboxylic acids is 1. The van der Waals surface area contributed by atoms with E-state index in [9.17, 15) is 4.79 Å². The van der Waals surface area contributed by atoms with Crippen molar-refractivity contribution in [3.05, 3.63) is 43.1 Å². The van der Waals surface area contributed by atoms with E-state index in [4.69, 9.17) is 4.74 Å². The minimum absolute atomic E-state index is 0.278. The monoisotopic (exact) mass is 228 g/mol. The van der Waals surface area contributed by atoms with Crippen LogP contribution in [0.3, 0.4) is 0 Å². The second kappa shape index (κ2) is 4.65. The molecule has 4 heteroatoms. The van der Waals surface area contributed by atoms with E-state index in [1.165, 1.54) is 6.08 Å². The lowest BCUT2D eigenvalue weighted by Gasteiger charge is -2.11. The second-order valence-electron chi connectivity index (χ2n) is 3.41. The van der Waals surface area contributed by atoms with Crippen molar-refractivity contribution < 1.29 is 9.53 Å². The Balaban J connectivity index is 2.62. The van der Waals surface area contributed by atoms with Crippen LogP contribution in [0.5, 0.6) is 5.75 Å². The molecular weight excluding hydrogens is 216 g/mol. The normalized spacial score (nSPS) is 9.94. The van der Waals surface area contributed by atoms with Gasteiger partial charge in [-0.2, -0.15) is 0 Å². The highest BCUT2D eigenvalue weighted by Crippen LogP contribution is 2.32. The van der Waals surface area contributed by atoms with Gasteiger partial charge in [-0.1, -0.05) is 6.58 Å². The van der Waals surface area contributed by atoms with Crippen LogP contribution in [0.25, 0.3) is 10.9 Å². The molecule has 0 saturated heterocycles. The van der Waals surface area contributed by atoms with Crippen LogP contribution in [0.15, 0.2) is 43.1 Å². The lowest BCUT2D eigenvalue weighted by molar-refractivity contribution is -0.111. The number of ether oxygens (including phenoxy) is 1. The van der Waals surface area contributed by atoms with Crippen LogP contribution in [0.1, 0.15) is 0 Å². The summed E-state index contributed by atoms with van der Waals surface area (Å²) in [6, 6.07) is 7.31. The van der Waals surface area contributed by atoms with Gasteiger partial charge in [0.05, 0.1) is 18.3 Å². The maximum Gasteiger partial charge on any atom is 0.247 e. The van der Waals surface area contributed by atoms with E-state index >= 15 is 0 Å².